The fraction of sp³-hybridized carbons (Fsp3) is 0.529. The van der Waals surface area contributed by atoms with Crippen molar-refractivity contribution in [3.05, 3.63) is 41.5 Å². The van der Waals surface area contributed by atoms with E-state index in [2.05, 4.69) is 38.1 Å². The van der Waals surface area contributed by atoms with Gasteiger partial charge in [-0.3, -0.25) is 0 Å². The molecule has 0 amide bonds. The van der Waals surface area contributed by atoms with Crippen molar-refractivity contribution in [1.29, 1.82) is 0 Å². The van der Waals surface area contributed by atoms with Crippen LogP contribution in [0.5, 0.6) is 5.75 Å². The molecule has 1 aromatic carbocycles. The summed E-state index contributed by atoms with van der Waals surface area (Å²) in [5.74, 6) is 1.06. The number of rotatable bonds is 2. The molecule has 0 bridgehead atoms. The topological polar surface area (TPSA) is 9.23 Å². The zero-order valence-electron chi connectivity index (χ0n) is 11.7. The summed E-state index contributed by atoms with van der Waals surface area (Å²) < 4.78 is 6.03. The third kappa shape index (κ3) is 2.97. The first-order chi connectivity index (χ1) is 9.02. The average molecular weight is 277 g/mol. The van der Waals surface area contributed by atoms with Crippen LogP contribution in [0.4, 0.5) is 0 Å². The van der Waals surface area contributed by atoms with Gasteiger partial charge in [-0.1, -0.05) is 43.7 Å². The number of halogens is 1. The first-order valence-electron chi connectivity index (χ1n) is 7.10. The Labute approximate surface area is 120 Å². The van der Waals surface area contributed by atoms with Gasteiger partial charge in [0.15, 0.2) is 0 Å². The predicted octanol–water partition coefficient (Wildman–Crippen LogP) is 4.73. The Bertz CT molecular complexity index is 479. The third-order valence-corrected chi connectivity index (χ3v) is 4.35. The molecular formula is C17H21ClO. The molecule has 1 nitrogen and oxygen atoms in total. The quantitative estimate of drug-likeness (QED) is 0.560. The van der Waals surface area contributed by atoms with Gasteiger partial charge in [0.2, 0.25) is 0 Å². The van der Waals surface area contributed by atoms with Crippen molar-refractivity contribution >= 4 is 11.6 Å². The Morgan fingerprint density at radius 3 is 2.84 bits per heavy atom. The lowest BCUT2D eigenvalue weighted by Gasteiger charge is -2.33. The summed E-state index contributed by atoms with van der Waals surface area (Å²) in [7, 11) is 0. The molecule has 0 saturated heterocycles. The van der Waals surface area contributed by atoms with E-state index in [4.69, 9.17) is 16.3 Å². The van der Waals surface area contributed by atoms with Gasteiger partial charge in [-0.25, -0.2) is 0 Å². The van der Waals surface area contributed by atoms with Crippen molar-refractivity contribution in [1.82, 2.24) is 0 Å². The summed E-state index contributed by atoms with van der Waals surface area (Å²) in [6.07, 6.45) is 6.80. The van der Waals surface area contributed by atoms with Crippen LogP contribution in [0, 0.1) is 5.41 Å². The zero-order chi connectivity index (χ0) is 13.5. The lowest BCUT2D eigenvalue weighted by atomic mass is 9.76. The van der Waals surface area contributed by atoms with E-state index >= 15 is 0 Å². The fourth-order valence-electron chi connectivity index (χ4n) is 3.39. The van der Waals surface area contributed by atoms with E-state index in [1.54, 1.807) is 0 Å². The van der Waals surface area contributed by atoms with Crippen molar-refractivity contribution in [3.63, 3.8) is 0 Å². The van der Waals surface area contributed by atoms with E-state index in [0.717, 1.165) is 31.4 Å². The van der Waals surface area contributed by atoms with Crippen LogP contribution in [0.15, 0.2) is 35.9 Å². The number of allylic oxidation sites excluding steroid dienone is 1. The van der Waals surface area contributed by atoms with Crippen molar-refractivity contribution in [3.8, 4) is 5.75 Å². The van der Waals surface area contributed by atoms with Gasteiger partial charge < -0.3 is 4.74 Å². The van der Waals surface area contributed by atoms with E-state index < -0.39 is 0 Å². The maximum absolute atomic E-state index is 6.35. The fourth-order valence-corrected chi connectivity index (χ4v) is 3.98. The largest absolute Gasteiger partial charge is 0.489 e. The molecule has 2 aliphatic rings. The summed E-state index contributed by atoms with van der Waals surface area (Å²) in [4.78, 5) is 0. The minimum absolute atomic E-state index is 0.183. The van der Waals surface area contributed by atoms with Gasteiger partial charge in [0, 0.05) is 12.8 Å². The second-order valence-corrected chi connectivity index (χ2v) is 7.20. The number of alkyl halides is 1. The van der Waals surface area contributed by atoms with Gasteiger partial charge >= 0.3 is 0 Å². The van der Waals surface area contributed by atoms with E-state index in [-0.39, 0.29) is 5.38 Å². The minimum atomic E-state index is 0.183. The van der Waals surface area contributed by atoms with E-state index in [9.17, 15) is 0 Å². The smallest absolute Gasteiger partial charge is 0.123 e. The Kier molecular flexibility index (Phi) is 3.34. The molecule has 1 aliphatic carbocycles. The molecule has 0 fully saturated rings. The van der Waals surface area contributed by atoms with E-state index in [1.807, 2.05) is 6.07 Å². The maximum Gasteiger partial charge on any atom is 0.123 e. The molecule has 2 atom stereocenters. The Morgan fingerprint density at radius 2 is 2.11 bits per heavy atom. The second kappa shape index (κ2) is 4.86. The van der Waals surface area contributed by atoms with Crippen molar-refractivity contribution in [2.24, 2.45) is 5.41 Å². The van der Waals surface area contributed by atoms with Crippen molar-refractivity contribution in [2.75, 3.05) is 0 Å². The summed E-state index contributed by atoms with van der Waals surface area (Å²) in [6, 6.07) is 8.36. The van der Waals surface area contributed by atoms with Crippen LogP contribution in [0.1, 0.15) is 38.7 Å². The van der Waals surface area contributed by atoms with Crippen LogP contribution in [-0.2, 0) is 6.42 Å². The third-order valence-electron chi connectivity index (χ3n) is 4.07. The SMILES string of the molecule is CC1(C)CC(CC2Cc3ccccc3O2)=CC(Cl)C1. The molecule has 2 heteroatoms. The molecule has 19 heavy (non-hydrogen) atoms. The first kappa shape index (κ1) is 13.1. The highest BCUT2D eigenvalue weighted by molar-refractivity contribution is 6.21. The van der Waals surface area contributed by atoms with Crippen LogP contribution in [-0.4, -0.2) is 11.5 Å². The molecule has 0 spiro atoms. The molecule has 1 aliphatic heterocycles. The van der Waals surface area contributed by atoms with Crippen LogP contribution in [0.2, 0.25) is 0 Å². The van der Waals surface area contributed by atoms with E-state index in [0.29, 0.717) is 11.5 Å². The molecule has 102 valence electrons. The number of ether oxygens (including phenoxy) is 1. The molecule has 1 aromatic rings. The minimum Gasteiger partial charge on any atom is -0.489 e. The highest BCUT2D eigenvalue weighted by atomic mass is 35.5. The summed E-state index contributed by atoms with van der Waals surface area (Å²) in [5, 5.41) is 0.183. The predicted molar refractivity (Wildman–Crippen MR) is 79.9 cm³/mol. The molecule has 2 unspecified atom stereocenters. The lowest BCUT2D eigenvalue weighted by molar-refractivity contribution is 0.222. The Hall–Kier alpha value is -0.950. The summed E-state index contributed by atoms with van der Waals surface area (Å²) >= 11 is 6.35. The summed E-state index contributed by atoms with van der Waals surface area (Å²) in [6.45, 7) is 4.61. The molecular weight excluding hydrogens is 256 g/mol. The molecule has 0 saturated carbocycles. The van der Waals surface area contributed by atoms with Crippen LogP contribution in [0.25, 0.3) is 0 Å². The molecule has 0 radical (unpaired) electrons. The summed E-state index contributed by atoms with van der Waals surface area (Å²) in [5.41, 5.74) is 3.13. The number of benzene rings is 1. The highest BCUT2D eigenvalue weighted by Gasteiger charge is 2.30. The Balaban J connectivity index is 1.68. The van der Waals surface area contributed by atoms with Gasteiger partial charge in [-0.05, 0) is 29.9 Å². The number of hydrogen-bond acceptors (Lipinski definition) is 1. The van der Waals surface area contributed by atoms with Gasteiger partial charge in [0.1, 0.15) is 11.9 Å². The molecule has 3 rings (SSSR count). The normalized spacial score (nSPS) is 28.5. The van der Waals surface area contributed by atoms with Gasteiger partial charge in [-0.15, -0.1) is 11.6 Å². The van der Waals surface area contributed by atoms with Crippen LogP contribution >= 0.6 is 11.6 Å². The van der Waals surface area contributed by atoms with Gasteiger partial charge in [-0.2, -0.15) is 0 Å². The zero-order valence-corrected chi connectivity index (χ0v) is 12.4. The molecule has 0 N–H and O–H groups in total. The van der Waals surface area contributed by atoms with Gasteiger partial charge in [0.25, 0.3) is 0 Å². The van der Waals surface area contributed by atoms with Crippen LogP contribution in [0.3, 0.4) is 0 Å². The highest BCUT2D eigenvalue weighted by Crippen LogP contribution is 2.40. The van der Waals surface area contributed by atoms with Gasteiger partial charge in [0.05, 0.1) is 5.38 Å². The van der Waals surface area contributed by atoms with Crippen molar-refractivity contribution in [2.45, 2.75) is 51.0 Å². The maximum atomic E-state index is 6.35. The van der Waals surface area contributed by atoms with Crippen molar-refractivity contribution < 1.29 is 4.74 Å². The standard InChI is InChI=1S/C17H21ClO/c1-17(2)10-12(7-14(18)11-17)8-15-9-13-5-3-4-6-16(13)19-15/h3-7,14-15H,8-11H2,1-2H3. The van der Waals surface area contributed by atoms with E-state index in [1.165, 1.54) is 11.1 Å². The first-order valence-corrected chi connectivity index (χ1v) is 7.54. The van der Waals surface area contributed by atoms with Crippen LogP contribution < -0.4 is 4.74 Å². The molecule has 1 heterocycles. The monoisotopic (exact) mass is 276 g/mol. The second-order valence-electron chi connectivity index (χ2n) is 6.64. The Morgan fingerprint density at radius 1 is 1.32 bits per heavy atom. The number of fused-ring (bicyclic) bond motifs is 1. The molecule has 0 aromatic heterocycles. The average Bonchev–Trinajstić information content (AvgIpc) is 2.67. The number of hydrogen-bond donors (Lipinski definition) is 0. The number of para-hydroxylation sites is 1. The lowest BCUT2D eigenvalue weighted by Crippen LogP contribution is -2.24.